The Kier molecular flexibility index (Phi) is 3.80. The molecule has 0 bridgehead atoms. The Morgan fingerprint density at radius 3 is 2.43 bits per heavy atom. The second kappa shape index (κ2) is 5.65. The first-order chi connectivity index (χ1) is 10.9. The van der Waals surface area contributed by atoms with Crippen LogP contribution in [0.4, 0.5) is 0 Å². The molecule has 120 valence electrons. The number of para-hydroxylation sites is 1. The Morgan fingerprint density at radius 2 is 1.78 bits per heavy atom. The number of ether oxygens (including phenoxy) is 1. The number of aromatic amines is 1. The van der Waals surface area contributed by atoms with Gasteiger partial charge in [0, 0.05) is 34.6 Å². The van der Waals surface area contributed by atoms with E-state index >= 15 is 0 Å². The lowest BCUT2D eigenvalue weighted by molar-refractivity contribution is 0.347. The van der Waals surface area contributed by atoms with Crippen LogP contribution >= 0.6 is 0 Å². The zero-order valence-corrected chi connectivity index (χ0v) is 14.1. The molecule has 3 rings (SSSR count). The van der Waals surface area contributed by atoms with Gasteiger partial charge in [-0.15, -0.1) is 0 Å². The molecule has 0 saturated carbocycles. The minimum absolute atomic E-state index is 0.0446. The van der Waals surface area contributed by atoms with Crippen molar-refractivity contribution in [1.82, 2.24) is 4.98 Å². The second-order valence-electron chi connectivity index (χ2n) is 7.01. The highest BCUT2D eigenvalue weighted by Crippen LogP contribution is 2.46. The fraction of sp³-hybridized carbons (Fsp3) is 0.300. The summed E-state index contributed by atoms with van der Waals surface area (Å²) in [6.45, 7) is 6.59. The molecule has 0 aliphatic rings. The zero-order chi connectivity index (χ0) is 16.6. The van der Waals surface area contributed by atoms with Crippen LogP contribution in [-0.2, 0) is 0 Å². The van der Waals surface area contributed by atoms with Crippen molar-refractivity contribution in [3.63, 3.8) is 0 Å². The number of aromatic hydroxyl groups is 1. The maximum atomic E-state index is 10.5. The lowest BCUT2D eigenvalue weighted by atomic mass is 9.72. The van der Waals surface area contributed by atoms with E-state index in [4.69, 9.17) is 4.74 Å². The van der Waals surface area contributed by atoms with Crippen molar-refractivity contribution in [3.8, 4) is 11.5 Å². The molecule has 3 heteroatoms. The van der Waals surface area contributed by atoms with Gasteiger partial charge in [0.05, 0.1) is 7.11 Å². The minimum atomic E-state index is -0.0446. The van der Waals surface area contributed by atoms with Gasteiger partial charge < -0.3 is 14.8 Å². The van der Waals surface area contributed by atoms with E-state index in [1.165, 1.54) is 10.9 Å². The number of phenolic OH excluding ortho intramolecular Hbond substituents is 1. The summed E-state index contributed by atoms with van der Waals surface area (Å²) in [7, 11) is 1.61. The normalized spacial score (nSPS) is 13.2. The van der Waals surface area contributed by atoms with Crippen molar-refractivity contribution >= 4 is 10.9 Å². The number of benzene rings is 2. The van der Waals surface area contributed by atoms with E-state index in [0.717, 1.165) is 11.1 Å². The van der Waals surface area contributed by atoms with Crippen LogP contribution in [0.25, 0.3) is 10.9 Å². The van der Waals surface area contributed by atoms with Gasteiger partial charge in [-0.3, -0.25) is 0 Å². The van der Waals surface area contributed by atoms with Crippen LogP contribution in [0.3, 0.4) is 0 Å². The van der Waals surface area contributed by atoms with Crippen molar-refractivity contribution < 1.29 is 9.84 Å². The van der Waals surface area contributed by atoms with E-state index in [1.807, 2.05) is 24.3 Å². The largest absolute Gasteiger partial charge is 0.508 e. The van der Waals surface area contributed by atoms with Crippen LogP contribution in [0.2, 0.25) is 0 Å². The van der Waals surface area contributed by atoms with Gasteiger partial charge in [-0.25, -0.2) is 0 Å². The number of fused-ring (bicyclic) bond motifs is 1. The van der Waals surface area contributed by atoms with Crippen LogP contribution < -0.4 is 4.74 Å². The molecule has 3 nitrogen and oxygen atoms in total. The third kappa shape index (κ3) is 2.79. The van der Waals surface area contributed by atoms with Crippen LogP contribution in [-0.4, -0.2) is 17.2 Å². The van der Waals surface area contributed by atoms with Gasteiger partial charge in [0.25, 0.3) is 0 Å². The van der Waals surface area contributed by atoms with Gasteiger partial charge >= 0.3 is 0 Å². The summed E-state index contributed by atoms with van der Waals surface area (Å²) in [5.74, 6) is 1.01. The van der Waals surface area contributed by atoms with Crippen molar-refractivity contribution in [1.29, 1.82) is 0 Å². The standard InChI is InChI=1S/C20H23NO2/c1-20(2,3)19(15-10-9-13(23-4)11-18(15)22)16-12-21-17-8-6-5-7-14(16)17/h5-12,19,21-22H,1-4H3. The molecule has 0 aliphatic heterocycles. The summed E-state index contributed by atoms with van der Waals surface area (Å²) < 4.78 is 5.21. The number of methoxy groups -OCH3 is 1. The predicted molar refractivity (Wildman–Crippen MR) is 94.3 cm³/mol. The maximum Gasteiger partial charge on any atom is 0.123 e. The molecule has 0 amide bonds. The van der Waals surface area contributed by atoms with Crippen LogP contribution in [0.1, 0.15) is 37.8 Å². The highest BCUT2D eigenvalue weighted by molar-refractivity contribution is 5.84. The Morgan fingerprint density at radius 1 is 1.04 bits per heavy atom. The Labute approximate surface area is 136 Å². The number of phenols is 1. The summed E-state index contributed by atoms with van der Waals surface area (Å²) in [5.41, 5.74) is 3.19. The monoisotopic (exact) mass is 309 g/mol. The molecule has 1 heterocycles. The van der Waals surface area contributed by atoms with Gasteiger partial charge in [-0.05, 0) is 23.1 Å². The molecule has 2 N–H and O–H groups in total. The lowest BCUT2D eigenvalue weighted by Crippen LogP contribution is -2.19. The van der Waals surface area contributed by atoms with Crippen molar-refractivity contribution in [3.05, 3.63) is 59.8 Å². The van der Waals surface area contributed by atoms with Crippen molar-refractivity contribution in [2.24, 2.45) is 5.41 Å². The number of H-pyrrole nitrogens is 1. The summed E-state index contributed by atoms with van der Waals surface area (Å²) >= 11 is 0. The number of aromatic nitrogens is 1. The second-order valence-corrected chi connectivity index (χ2v) is 7.01. The fourth-order valence-electron chi connectivity index (χ4n) is 3.33. The highest BCUT2D eigenvalue weighted by Gasteiger charge is 2.31. The molecule has 1 unspecified atom stereocenters. The first kappa shape index (κ1) is 15.5. The quantitative estimate of drug-likeness (QED) is 0.710. The van der Waals surface area contributed by atoms with Gasteiger partial charge in [0.1, 0.15) is 11.5 Å². The van der Waals surface area contributed by atoms with Gasteiger partial charge in [0.2, 0.25) is 0 Å². The molecule has 3 aromatic rings. The number of rotatable bonds is 3. The minimum Gasteiger partial charge on any atom is -0.508 e. The molecule has 0 saturated heterocycles. The number of hydrogen-bond acceptors (Lipinski definition) is 2. The summed E-state index contributed by atoms with van der Waals surface area (Å²) in [6, 6.07) is 13.8. The molecule has 23 heavy (non-hydrogen) atoms. The number of hydrogen-bond donors (Lipinski definition) is 2. The first-order valence-corrected chi connectivity index (χ1v) is 7.84. The fourth-order valence-corrected chi connectivity index (χ4v) is 3.33. The zero-order valence-electron chi connectivity index (χ0n) is 14.1. The van der Waals surface area contributed by atoms with E-state index in [2.05, 4.69) is 44.1 Å². The van der Waals surface area contributed by atoms with Gasteiger partial charge in [-0.1, -0.05) is 45.0 Å². The average Bonchev–Trinajstić information content (AvgIpc) is 2.92. The molecule has 0 fully saturated rings. The topological polar surface area (TPSA) is 45.2 Å². The van der Waals surface area contributed by atoms with E-state index in [-0.39, 0.29) is 17.1 Å². The summed E-state index contributed by atoms with van der Waals surface area (Å²) in [4.78, 5) is 3.35. The molecule has 1 aromatic heterocycles. The molecule has 0 radical (unpaired) electrons. The molecule has 0 aliphatic carbocycles. The first-order valence-electron chi connectivity index (χ1n) is 7.84. The predicted octanol–water partition coefficient (Wildman–Crippen LogP) is 5.06. The van der Waals surface area contributed by atoms with Crippen LogP contribution in [0.5, 0.6) is 11.5 Å². The number of nitrogens with one attached hydrogen (secondary N) is 1. The van der Waals surface area contributed by atoms with Crippen molar-refractivity contribution in [2.75, 3.05) is 7.11 Å². The van der Waals surface area contributed by atoms with Gasteiger partial charge in [-0.2, -0.15) is 0 Å². The molecule has 2 aromatic carbocycles. The van der Waals surface area contributed by atoms with E-state index < -0.39 is 0 Å². The third-order valence-electron chi connectivity index (χ3n) is 4.35. The summed E-state index contributed by atoms with van der Waals surface area (Å²) in [5, 5.41) is 11.7. The SMILES string of the molecule is COc1ccc(C(c2c[nH]c3ccccc23)C(C)(C)C)c(O)c1. The van der Waals surface area contributed by atoms with Crippen LogP contribution in [0, 0.1) is 5.41 Å². The highest BCUT2D eigenvalue weighted by atomic mass is 16.5. The van der Waals surface area contributed by atoms with Crippen molar-refractivity contribution in [2.45, 2.75) is 26.7 Å². The van der Waals surface area contributed by atoms with Gasteiger partial charge in [0.15, 0.2) is 0 Å². The van der Waals surface area contributed by atoms with E-state index in [0.29, 0.717) is 5.75 Å². The third-order valence-corrected chi connectivity index (χ3v) is 4.35. The molecular formula is C20H23NO2. The Hall–Kier alpha value is -2.42. The smallest absolute Gasteiger partial charge is 0.123 e. The van der Waals surface area contributed by atoms with E-state index in [9.17, 15) is 5.11 Å². The summed E-state index contributed by atoms with van der Waals surface area (Å²) in [6.07, 6.45) is 2.06. The Balaban J connectivity index is 2.20. The van der Waals surface area contributed by atoms with E-state index in [1.54, 1.807) is 13.2 Å². The average molecular weight is 309 g/mol. The van der Waals surface area contributed by atoms with Crippen LogP contribution in [0.15, 0.2) is 48.7 Å². The molecule has 0 spiro atoms. The lowest BCUT2D eigenvalue weighted by Gasteiger charge is -2.32. The maximum absolute atomic E-state index is 10.5. The molecule has 1 atom stereocenters. The molecular weight excluding hydrogens is 286 g/mol. The Bertz CT molecular complexity index is 827.